The van der Waals surface area contributed by atoms with Gasteiger partial charge in [0.1, 0.15) is 5.82 Å². The number of halogens is 1. The Bertz CT molecular complexity index is 716. The lowest BCUT2D eigenvalue weighted by atomic mass is 10.1. The molecule has 2 aromatic rings. The predicted octanol–water partition coefficient (Wildman–Crippen LogP) is 3.72. The van der Waals surface area contributed by atoms with Crippen LogP contribution in [0.25, 0.3) is 10.9 Å². The van der Waals surface area contributed by atoms with Gasteiger partial charge in [0.15, 0.2) is 0 Å². The summed E-state index contributed by atoms with van der Waals surface area (Å²) in [5, 5.41) is 3.72. The summed E-state index contributed by atoms with van der Waals surface area (Å²) in [6.45, 7) is 4.50. The summed E-state index contributed by atoms with van der Waals surface area (Å²) in [5.41, 5.74) is 2.21. The maximum absolute atomic E-state index is 13.5. The molecule has 6 heteroatoms. The second kappa shape index (κ2) is 8.34. The van der Waals surface area contributed by atoms with Crippen molar-refractivity contribution >= 4 is 17.0 Å². The van der Waals surface area contributed by atoms with Crippen molar-refractivity contribution < 1.29 is 13.9 Å². The monoisotopic (exact) mass is 349 g/mol. The standard InChI is InChI=1S/C18H24FN3O2.CH4/c1-3-24-18(23)20-6-7-22(2)11-12-8-14(12)16-10-21-17-5-4-13(19)9-15(16)17;/h4-5,9-10,12,14,21H,3,6-8,11H2,1-2H3,(H,20,23);1H4. The van der Waals surface area contributed by atoms with Crippen LogP contribution < -0.4 is 5.32 Å². The van der Waals surface area contributed by atoms with Crippen molar-refractivity contribution in [1.29, 1.82) is 0 Å². The molecule has 1 fully saturated rings. The van der Waals surface area contributed by atoms with E-state index in [9.17, 15) is 9.18 Å². The number of amides is 1. The predicted molar refractivity (Wildman–Crippen MR) is 98.4 cm³/mol. The number of likely N-dealkylation sites (N-methyl/N-ethyl adjacent to an activating group) is 1. The van der Waals surface area contributed by atoms with Crippen LogP contribution in [0.15, 0.2) is 24.4 Å². The highest BCUT2D eigenvalue weighted by Gasteiger charge is 2.40. The van der Waals surface area contributed by atoms with E-state index in [4.69, 9.17) is 4.74 Å². The summed E-state index contributed by atoms with van der Waals surface area (Å²) in [6.07, 6.45) is 2.77. The fraction of sp³-hybridized carbons (Fsp3) is 0.526. The van der Waals surface area contributed by atoms with E-state index in [1.54, 1.807) is 19.1 Å². The van der Waals surface area contributed by atoms with Crippen molar-refractivity contribution in [2.45, 2.75) is 26.7 Å². The number of nitrogens with zero attached hydrogens (tertiary/aromatic N) is 1. The zero-order chi connectivity index (χ0) is 17.1. The summed E-state index contributed by atoms with van der Waals surface area (Å²) < 4.78 is 18.3. The molecule has 0 bridgehead atoms. The lowest BCUT2D eigenvalue weighted by molar-refractivity contribution is 0.151. The molecular formula is C19H28FN3O2. The first-order valence-electron chi connectivity index (χ1n) is 8.44. The third-order valence-electron chi connectivity index (χ3n) is 4.58. The molecule has 138 valence electrons. The van der Waals surface area contributed by atoms with Gasteiger partial charge in [-0.1, -0.05) is 7.43 Å². The highest BCUT2D eigenvalue weighted by Crippen LogP contribution is 2.49. The Morgan fingerprint density at radius 2 is 2.28 bits per heavy atom. The van der Waals surface area contributed by atoms with E-state index >= 15 is 0 Å². The third kappa shape index (κ3) is 4.72. The van der Waals surface area contributed by atoms with Crippen molar-refractivity contribution in [2.75, 3.05) is 33.3 Å². The van der Waals surface area contributed by atoms with Gasteiger partial charge in [-0.3, -0.25) is 0 Å². The maximum Gasteiger partial charge on any atom is 0.407 e. The van der Waals surface area contributed by atoms with Crippen LogP contribution in [0.1, 0.15) is 32.3 Å². The van der Waals surface area contributed by atoms with Crippen LogP contribution in [0.5, 0.6) is 0 Å². The van der Waals surface area contributed by atoms with E-state index in [1.165, 1.54) is 11.6 Å². The molecule has 5 nitrogen and oxygen atoms in total. The number of ether oxygens (including phenoxy) is 1. The second-order valence-electron chi connectivity index (χ2n) is 6.45. The Hall–Kier alpha value is -2.08. The van der Waals surface area contributed by atoms with Crippen molar-refractivity contribution in [3.63, 3.8) is 0 Å². The molecule has 0 saturated heterocycles. The molecule has 3 rings (SSSR count). The molecule has 1 aromatic heterocycles. The molecule has 1 aromatic carbocycles. The van der Waals surface area contributed by atoms with Crippen molar-refractivity contribution in [2.24, 2.45) is 5.92 Å². The molecule has 25 heavy (non-hydrogen) atoms. The molecule has 2 unspecified atom stereocenters. The number of nitrogens with one attached hydrogen (secondary N) is 2. The number of hydrogen-bond donors (Lipinski definition) is 2. The van der Waals surface area contributed by atoms with Crippen LogP contribution >= 0.6 is 0 Å². The normalized spacial score (nSPS) is 18.9. The molecule has 1 saturated carbocycles. The lowest BCUT2D eigenvalue weighted by Gasteiger charge is -2.16. The van der Waals surface area contributed by atoms with Gasteiger partial charge in [0.2, 0.25) is 0 Å². The first-order chi connectivity index (χ1) is 11.6. The average molecular weight is 349 g/mol. The number of alkyl carbamates (subject to hydrolysis) is 1. The molecule has 1 aliphatic carbocycles. The number of carbonyl (C=O) groups is 1. The average Bonchev–Trinajstić information content (AvgIpc) is 3.16. The van der Waals surface area contributed by atoms with Gasteiger partial charge in [0, 0.05) is 36.7 Å². The van der Waals surface area contributed by atoms with E-state index < -0.39 is 0 Å². The highest BCUT2D eigenvalue weighted by molar-refractivity contribution is 5.84. The third-order valence-corrected chi connectivity index (χ3v) is 4.58. The fourth-order valence-corrected chi connectivity index (χ4v) is 3.27. The molecular weight excluding hydrogens is 321 g/mol. The van der Waals surface area contributed by atoms with Crippen LogP contribution in [0.4, 0.5) is 9.18 Å². The number of rotatable bonds is 7. The van der Waals surface area contributed by atoms with Crippen molar-refractivity contribution in [3.05, 3.63) is 35.8 Å². The molecule has 1 aliphatic rings. The topological polar surface area (TPSA) is 57.4 Å². The summed E-state index contributed by atoms with van der Waals surface area (Å²) in [7, 11) is 2.05. The molecule has 1 amide bonds. The highest BCUT2D eigenvalue weighted by atomic mass is 19.1. The Morgan fingerprint density at radius 3 is 3.04 bits per heavy atom. The number of aromatic amines is 1. The van der Waals surface area contributed by atoms with Gasteiger partial charge in [-0.2, -0.15) is 0 Å². The largest absolute Gasteiger partial charge is 0.450 e. The van der Waals surface area contributed by atoms with E-state index in [-0.39, 0.29) is 19.3 Å². The smallest absolute Gasteiger partial charge is 0.407 e. The first-order valence-corrected chi connectivity index (χ1v) is 8.44. The van der Waals surface area contributed by atoms with Crippen molar-refractivity contribution in [3.8, 4) is 0 Å². The fourth-order valence-electron chi connectivity index (χ4n) is 3.27. The zero-order valence-corrected chi connectivity index (χ0v) is 14.1. The van der Waals surface area contributed by atoms with Crippen molar-refractivity contribution in [1.82, 2.24) is 15.2 Å². The Balaban J connectivity index is 0.00000225. The second-order valence-corrected chi connectivity index (χ2v) is 6.45. The summed E-state index contributed by atoms with van der Waals surface area (Å²) in [4.78, 5) is 16.7. The SMILES string of the molecule is C.CCOC(=O)NCCN(C)CC1CC1c1c[nH]c2ccc(F)cc12. The van der Waals surface area contributed by atoms with Gasteiger partial charge in [-0.25, -0.2) is 9.18 Å². The van der Waals surface area contributed by atoms with E-state index in [1.807, 2.05) is 6.20 Å². The molecule has 2 atom stereocenters. The molecule has 1 heterocycles. The number of carbonyl (C=O) groups excluding carboxylic acids is 1. The van der Waals surface area contributed by atoms with E-state index in [0.29, 0.717) is 25.0 Å². The van der Waals surface area contributed by atoms with Crippen LogP contribution in [0.2, 0.25) is 0 Å². The number of hydrogen-bond acceptors (Lipinski definition) is 3. The van der Waals surface area contributed by atoms with Crippen LogP contribution in [0.3, 0.4) is 0 Å². The van der Waals surface area contributed by atoms with Gasteiger partial charge < -0.3 is 19.9 Å². The van der Waals surface area contributed by atoms with E-state index in [2.05, 4.69) is 22.2 Å². The number of aromatic nitrogens is 1. The minimum Gasteiger partial charge on any atom is -0.450 e. The number of benzene rings is 1. The summed E-state index contributed by atoms with van der Waals surface area (Å²) in [5.74, 6) is 0.878. The van der Waals surface area contributed by atoms with Gasteiger partial charge in [-0.05, 0) is 56.0 Å². The maximum atomic E-state index is 13.5. The molecule has 0 aliphatic heterocycles. The van der Waals surface area contributed by atoms with Gasteiger partial charge in [0.05, 0.1) is 6.61 Å². The van der Waals surface area contributed by atoms with Gasteiger partial charge in [-0.15, -0.1) is 0 Å². The Labute approximate surface area is 148 Å². The zero-order valence-electron chi connectivity index (χ0n) is 14.1. The minimum atomic E-state index is -0.365. The first kappa shape index (κ1) is 19.2. The van der Waals surface area contributed by atoms with Crippen LogP contribution in [0, 0.1) is 11.7 Å². The summed E-state index contributed by atoms with van der Waals surface area (Å²) in [6, 6.07) is 4.89. The number of fused-ring (bicyclic) bond motifs is 1. The minimum absolute atomic E-state index is 0. The Morgan fingerprint density at radius 1 is 1.48 bits per heavy atom. The molecule has 0 spiro atoms. The van der Waals surface area contributed by atoms with Gasteiger partial charge >= 0.3 is 6.09 Å². The summed E-state index contributed by atoms with van der Waals surface area (Å²) >= 11 is 0. The quantitative estimate of drug-likeness (QED) is 0.801. The van der Waals surface area contributed by atoms with Crippen LogP contribution in [-0.2, 0) is 4.74 Å². The lowest BCUT2D eigenvalue weighted by Crippen LogP contribution is -2.34. The Kier molecular flexibility index (Phi) is 6.42. The number of H-pyrrole nitrogens is 1. The van der Waals surface area contributed by atoms with Crippen LogP contribution in [-0.4, -0.2) is 49.3 Å². The van der Waals surface area contributed by atoms with Gasteiger partial charge in [0.25, 0.3) is 0 Å². The molecule has 2 N–H and O–H groups in total. The van der Waals surface area contributed by atoms with E-state index in [0.717, 1.165) is 30.4 Å². The molecule has 0 radical (unpaired) electrons.